The topological polar surface area (TPSA) is 93.0 Å². The van der Waals surface area contributed by atoms with E-state index in [0.717, 1.165) is 12.8 Å². The summed E-state index contributed by atoms with van der Waals surface area (Å²) in [4.78, 5) is 0. The van der Waals surface area contributed by atoms with E-state index in [9.17, 15) is 15.3 Å². The normalized spacial score (nSPS) is 32.1. The fraction of sp³-hybridized carbons (Fsp3) is 1.00. The Bertz CT molecular complexity index is 233. The SMILES string of the molecule is CCCCCCC[C@H](O)[C@@H]1N[C@@H](CO)[C@H](O)[C@H]1O.Cl. The molecule has 1 heterocycles. The van der Waals surface area contributed by atoms with Crippen LogP contribution in [0.1, 0.15) is 45.4 Å². The summed E-state index contributed by atoms with van der Waals surface area (Å²) in [7, 11) is 0. The largest absolute Gasteiger partial charge is 0.395 e. The zero-order chi connectivity index (χ0) is 13.5. The Morgan fingerprint density at radius 2 is 1.68 bits per heavy atom. The second-order valence-corrected chi connectivity index (χ2v) is 5.23. The zero-order valence-electron chi connectivity index (χ0n) is 11.5. The van der Waals surface area contributed by atoms with Gasteiger partial charge in [-0.2, -0.15) is 0 Å². The Balaban J connectivity index is 0.00000324. The Labute approximate surface area is 121 Å². The van der Waals surface area contributed by atoms with E-state index >= 15 is 0 Å². The molecule has 0 aromatic carbocycles. The predicted molar refractivity (Wildman–Crippen MR) is 76.4 cm³/mol. The van der Waals surface area contributed by atoms with Crippen molar-refractivity contribution in [1.82, 2.24) is 5.32 Å². The van der Waals surface area contributed by atoms with Crippen LogP contribution in [0.5, 0.6) is 0 Å². The molecule has 1 aliphatic heterocycles. The first-order valence-corrected chi connectivity index (χ1v) is 7.03. The maximum absolute atomic E-state index is 9.99. The highest BCUT2D eigenvalue weighted by Gasteiger charge is 2.43. The van der Waals surface area contributed by atoms with Gasteiger partial charge in [-0.15, -0.1) is 12.4 Å². The molecule has 1 rings (SSSR count). The van der Waals surface area contributed by atoms with E-state index < -0.39 is 30.4 Å². The highest BCUT2D eigenvalue weighted by Crippen LogP contribution is 2.20. The maximum atomic E-state index is 9.99. The lowest BCUT2D eigenvalue weighted by molar-refractivity contribution is -0.00443. The van der Waals surface area contributed by atoms with Crippen molar-refractivity contribution in [3.63, 3.8) is 0 Å². The quantitative estimate of drug-likeness (QED) is 0.412. The summed E-state index contributed by atoms with van der Waals surface area (Å²) in [5.74, 6) is 0. The van der Waals surface area contributed by atoms with Crippen LogP contribution in [0.2, 0.25) is 0 Å². The fourth-order valence-electron chi connectivity index (χ4n) is 2.53. The van der Waals surface area contributed by atoms with E-state index in [4.69, 9.17) is 5.11 Å². The molecule has 0 bridgehead atoms. The minimum atomic E-state index is -1.01. The van der Waals surface area contributed by atoms with Crippen molar-refractivity contribution < 1.29 is 20.4 Å². The third-order valence-electron chi connectivity index (χ3n) is 3.75. The van der Waals surface area contributed by atoms with Crippen molar-refractivity contribution in [1.29, 1.82) is 0 Å². The number of aliphatic hydroxyl groups excluding tert-OH is 4. The van der Waals surface area contributed by atoms with Gasteiger partial charge >= 0.3 is 0 Å². The number of hydrogen-bond acceptors (Lipinski definition) is 5. The van der Waals surface area contributed by atoms with Crippen LogP contribution in [0.15, 0.2) is 0 Å². The lowest BCUT2D eigenvalue weighted by Gasteiger charge is -2.22. The Hall–Kier alpha value is 0.0900. The van der Waals surface area contributed by atoms with Gasteiger partial charge in [-0.3, -0.25) is 0 Å². The van der Waals surface area contributed by atoms with Gasteiger partial charge in [-0.1, -0.05) is 39.0 Å². The molecular formula is C13H28ClNO4. The minimum absolute atomic E-state index is 0. The average Bonchev–Trinajstić information content (AvgIpc) is 2.65. The molecule has 116 valence electrons. The highest BCUT2D eigenvalue weighted by atomic mass is 35.5. The van der Waals surface area contributed by atoms with Gasteiger partial charge in [-0.25, -0.2) is 0 Å². The van der Waals surface area contributed by atoms with Crippen molar-refractivity contribution >= 4 is 12.4 Å². The first-order valence-electron chi connectivity index (χ1n) is 7.03. The van der Waals surface area contributed by atoms with Gasteiger partial charge in [0.1, 0.15) is 0 Å². The number of rotatable bonds is 8. The van der Waals surface area contributed by atoms with Crippen molar-refractivity contribution in [3.05, 3.63) is 0 Å². The summed E-state index contributed by atoms with van der Waals surface area (Å²) in [6.07, 6.45) is 3.51. The number of hydrogen-bond donors (Lipinski definition) is 5. The maximum Gasteiger partial charge on any atom is 0.0993 e. The molecule has 19 heavy (non-hydrogen) atoms. The van der Waals surface area contributed by atoms with E-state index in [-0.39, 0.29) is 19.0 Å². The molecule has 5 atom stereocenters. The smallest absolute Gasteiger partial charge is 0.0993 e. The van der Waals surface area contributed by atoms with E-state index in [2.05, 4.69) is 12.2 Å². The molecule has 1 fully saturated rings. The number of halogens is 1. The van der Waals surface area contributed by atoms with Gasteiger partial charge in [0.2, 0.25) is 0 Å². The molecule has 0 radical (unpaired) electrons. The van der Waals surface area contributed by atoms with Crippen molar-refractivity contribution in [2.45, 2.75) is 75.8 Å². The summed E-state index contributed by atoms with van der Waals surface area (Å²) in [5, 5.41) is 41.3. The molecule has 6 heteroatoms. The molecular weight excluding hydrogens is 270 g/mol. The molecule has 0 spiro atoms. The molecule has 0 aromatic heterocycles. The number of unbranched alkanes of at least 4 members (excludes halogenated alkanes) is 4. The van der Waals surface area contributed by atoms with Crippen molar-refractivity contribution in [2.24, 2.45) is 0 Å². The van der Waals surface area contributed by atoms with E-state index in [1.807, 2.05) is 0 Å². The number of nitrogens with one attached hydrogen (secondary N) is 1. The Morgan fingerprint density at radius 1 is 1.05 bits per heavy atom. The van der Waals surface area contributed by atoms with Gasteiger partial charge in [0.05, 0.1) is 37.0 Å². The summed E-state index contributed by atoms with van der Waals surface area (Å²) in [6, 6.07) is -1.08. The molecule has 1 aliphatic rings. The second kappa shape index (κ2) is 9.91. The van der Waals surface area contributed by atoms with Gasteiger partial charge in [-0.05, 0) is 6.42 Å². The first-order chi connectivity index (χ1) is 8.61. The number of aliphatic hydroxyl groups is 4. The molecule has 0 saturated carbocycles. The van der Waals surface area contributed by atoms with Crippen LogP contribution in [0.3, 0.4) is 0 Å². The van der Waals surface area contributed by atoms with Crippen LogP contribution in [0, 0.1) is 0 Å². The Morgan fingerprint density at radius 3 is 2.21 bits per heavy atom. The van der Waals surface area contributed by atoms with Gasteiger partial charge in [0, 0.05) is 0 Å². The van der Waals surface area contributed by atoms with Crippen molar-refractivity contribution in [3.8, 4) is 0 Å². The van der Waals surface area contributed by atoms with Crippen LogP contribution >= 0.6 is 12.4 Å². The van der Waals surface area contributed by atoms with Gasteiger partial charge < -0.3 is 25.7 Å². The molecule has 5 N–H and O–H groups in total. The first kappa shape index (κ1) is 19.1. The minimum Gasteiger partial charge on any atom is -0.395 e. The molecule has 0 aromatic rings. The fourth-order valence-corrected chi connectivity index (χ4v) is 2.53. The molecule has 0 amide bonds. The second-order valence-electron chi connectivity index (χ2n) is 5.23. The van der Waals surface area contributed by atoms with Crippen LogP contribution in [-0.4, -0.2) is 57.4 Å². The predicted octanol–water partition coefficient (Wildman–Crippen LogP) is 0.184. The van der Waals surface area contributed by atoms with Gasteiger partial charge in [0.15, 0.2) is 0 Å². The monoisotopic (exact) mass is 297 g/mol. The van der Waals surface area contributed by atoms with Crippen LogP contribution in [0.4, 0.5) is 0 Å². The Kier molecular flexibility index (Phi) is 9.96. The molecule has 0 unspecified atom stereocenters. The van der Waals surface area contributed by atoms with Gasteiger partial charge in [0.25, 0.3) is 0 Å². The standard InChI is InChI=1S/C13H27NO4.ClH/c1-2-3-4-5-6-7-10(16)11-13(18)12(17)9(8-15)14-11;/h9-18H,2-8H2,1H3;1H/t9-,10-,11-,12-,13-;/m0./s1. The molecule has 0 aliphatic carbocycles. The van der Waals surface area contributed by atoms with E-state index in [1.54, 1.807) is 0 Å². The average molecular weight is 298 g/mol. The lowest BCUT2D eigenvalue weighted by Crippen LogP contribution is -2.44. The molecule has 5 nitrogen and oxygen atoms in total. The lowest BCUT2D eigenvalue weighted by atomic mass is 9.99. The van der Waals surface area contributed by atoms with Crippen molar-refractivity contribution in [2.75, 3.05) is 6.61 Å². The van der Waals surface area contributed by atoms with Crippen LogP contribution < -0.4 is 5.32 Å². The highest BCUT2D eigenvalue weighted by molar-refractivity contribution is 5.85. The third kappa shape index (κ3) is 5.53. The molecule has 1 saturated heterocycles. The zero-order valence-corrected chi connectivity index (χ0v) is 12.4. The van der Waals surface area contributed by atoms with E-state index in [1.165, 1.54) is 19.3 Å². The summed E-state index contributed by atoms with van der Waals surface area (Å²) in [5.41, 5.74) is 0. The summed E-state index contributed by atoms with van der Waals surface area (Å²) < 4.78 is 0. The van der Waals surface area contributed by atoms with Crippen LogP contribution in [0.25, 0.3) is 0 Å². The van der Waals surface area contributed by atoms with E-state index in [0.29, 0.717) is 6.42 Å². The summed E-state index contributed by atoms with van der Waals surface area (Å²) in [6.45, 7) is 1.92. The third-order valence-corrected chi connectivity index (χ3v) is 3.75. The van der Waals surface area contributed by atoms with Crippen LogP contribution in [-0.2, 0) is 0 Å². The summed E-state index contributed by atoms with van der Waals surface area (Å²) >= 11 is 0.